The summed E-state index contributed by atoms with van der Waals surface area (Å²) in [6.07, 6.45) is 3.08. The predicted octanol–water partition coefficient (Wildman–Crippen LogP) is 4.57. The topological polar surface area (TPSA) is 43.6 Å². The van der Waals surface area contributed by atoms with Crippen LogP contribution < -0.4 is 0 Å². The molecule has 0 spiro atoms. The molecule has 4 nitrogen and oxygen atoms in total. The Balaban J connectivity index is 1.79. The number of carbonyl (C=O) groups excluding carboxylic acids is 1. The molecule has 2 aromatic carbocycles. The standard InChI is InChI=1S/C19H16N2O2S/c1-3-12-4-6-13(7-5-12)15-11-21-16-9-8-14(18(22)23-2)10-17(16)24-19(21)20-15/h4-11H,3H2,1-2H3. The summed E-state index contributed by atoms with van der Waals surface area (Å²) in [4.78, 5) is 17.3. The molecule has 0 aliphatic heterocycles. The number of esters is 1. The Morgan fingerprint density at radius 1 is 1.21 bits per heavy atom. The van der Waals surface area contributed by atoms with Crippen molar-refractivity contribution in [3.8, 4) is 11.3 Å². The van der Waals surface area contributed by atoms with Gasteiger partial charge in [-0.15, -0.1) is 0 Å². The summed E-state index contributed by atoms with van der Waals surface area (Å²) in [6.45, 7) is 2.15. The molecular formula is C19H16N2O2S. The van der Waals surface area contributed by atoms with Gasteiger partial charge in [-0.2, -0.15) is 0 Å². The molecule has 0 N–H and O–H groups in total. The van der Waals surface area contributed by atoms with Crippen molar-refractivity contribution >= 4 is 32.5 Å². The third kappa shape index (κ3) is 2.37. The minimum absolute atomic E-state index is 0.320. The fraction of sp³-hybridized carbons (Fsp3) is 0.158. The fourth-order valence-electron chi connectivity index (χ4n) is 2.80. The molecule has 0 unspecified atom stereocenters. The highest BCUT2D eigenvalue weighted by molar-refractivity contribution is 7.23. The Morgan fingerprint density at radius 2 is 2.00 bits per heavy atom. The van der Waals surface area contributed by atoms with Crippen molar-refractivity contribution in [3.63, 3.8) is 0 Å². The molecule has 5 heteroatoms. The average Bonchev–Trinajstić information content (AvgIpc) is 3.18. The number of rotatable bonds is 3. The Hall–Kier alpha value is -2.66. The van der Waals surface area contributed by atoms with Gasteiger partial charge in [0.05, 0.1) is 28.6 Å². The second-order valence-electron chi connectivity index (χ2n) is 5.61. The van der Waals surface area contributed by atoms with Crippen LogP contribution in [0.4, 0.5) is 0 Å². The van der Waals surface area contributed by atoms with Crippen molar-refractivity contribution in [1.29, 1.82) is 0 Å². The summed E-state index contributed by atoms with van der Waals surface area (Å²) < 4.78 is 7.87. The minimum Gasteiger partial charge on any atom is -0.465 e. The van der Waals surface area contributed by atoms with Gasteiger partial charge in [0.2, 0.25) is 0 Å². The highest BCUT2D eigenvalue weighted by atomic mass is 32.1. The third-order valence-corrected chi connectivity index (χ3v) is 5.19. The van der Waals surface area contributed by atoms with Crippen molar-refractivity contribution in [1.82, 2.24) is 9.38 Å². The number of imidazole rings is 1. The van der Waals surface area contributed by atoms with Crippen LogP contribution in [-0.2, 0) is 11.2 Å². The van der Waals surface area contributed by atoms with E-state index < -0.39 is 0 Å². The zero-order valence-corrected chi connectivity index (χ0v) is 14.3. The van der Waals surface area contributed by atoms with Gasteiger partial charge >= 0.3 is 5.97 Å². The van der Waals surface area contributed by atoms with Crippen LogP contribution in [0.2, 0.25) is 0 Å². The van der Waals surface area contributed by atoms with Crippen LogP contribution in [0.15, 0.2) is 48.7 Å². The summed E-state index contributed by atoms with van der Waals surface area (Å²) in [6, 6.07) is 14.1. The Bertz CT molecular complexity index is 1040. The lowest BCUT2D eigenvalue weighted by molar-refractivity contribution is 0.0601. The van der Waals surface area contributed by atoms with Crippen molar-refractivity contribution in [2.45, 2.75) is 13.3 Å². The van der Waals surface area contributed by atoms with Crippen LogP contribution in [0.25, 0.3) is 26.4 Å². The van der Waals surface area contributed by atoms with Gasteiger partial charge in [0.25, 0.3) is 0 Å². The quantitative estimate of drug-likeness (QED) is 0.515. The third-order valence-electron chi connectivity index (χ3n) is 4.17. The number of thiazole rings is 1. The molecule has 4 rings (SSSR count). The van der Waals surface area contributed by atoms with Crippen LogP contribution in [-0.4, -0.2) is 22.5 Å². The monoisotopic (exact) mass is 336 g/mol. The van der Waals surface area contributed by atoms with Gasteiger partial charge < -0.3 is 4.74 Å². The van der Waals surface area contributed by atoms with Gasteiger partial charge in [-0.25, -0.2) is 9.78 Å². The molecule has 24 heavy (non-hydrogen) atoms. The smallest absolute Gasteiger partial charge is 0.337 e. The lowest BCUT2D eigenvalue weighted by Crippen LogP contribution is -2.00. The number of fused-ring (bicyclic) bond motifs is 3. The summed E-state index contributed by atoms with van der Waals surface area (Å²) in [5.74, 6) is -0.320. The highest BCUT2D eigenvalue weighted by Crippen LogP contribution is 2.30. The average molecular weight is 336 g/mol. The SMILES string of the molecule is CCc1ccc(-c2cn3c(n2)sc2cc(C(=O)OC)ccc23)cc1. The van der Waals surface area contributed by atoms with Crippen LogP contribution in [0.5, 0.6) is 0 Å². The Morgan fingerprint density at radius 3 is 2.71 bits per heavy atom. The van der Waals surface area contributed by atoms with Gasteiger partial charge in [-0.1, -0.05) is 42.5 Å². The molecule has 0 atom stereocenters. The number of carbonyl (C=O) groups is 1. The molecule has 0 saturated heterocycles. The van der Waals surface area contributed by atoms with Crippen molar-refractivity contribution in [3.05, 3.63) is 59.8 Å². The molecule has 0 saturated carbocycles. The summed E-state index contributed by atoms with van der Waals surface area (Å²) in [7, 11) is 1.39. The van der Waals surface area contributed by atoms with Gasteiger partial charge in [0, 0.05) is 11.8 Å². The first-order valence-electron chi connectivity index (χ1n) is 7.79. The lowest BCUT2D eigenvalue weighted by atomic mass is 10.1. The first kappa shape index (κ1) is 14.9. The van der Waals surface area contributed by atoms with Crippen LogP contribution in [0.1, 0.15) is 22.8 Å². The van der Waals surface area contributed by atoms with Crippen LogP contribution in [0, 0.1) is 0 Å². The van der Waals surface area contributed by atoms with Gasteiger partial charge in [0.15, 0.2) is 4.96 Å². The summed E-state index contributed by atoms with van der Waals surface area (Å²) >= 11 is 1.57. The second kappa shape index (κ2) is 5.76. The van der Waals surface area contributed by atoms with Gasteiger partial charge in [0.1, 0.15) is 0 Å². The predicted molar refractivity (Wildman–Crippen MR) is 96.7 cm³/mol. The maximum atomic E-state index is 11.7. The van der Waals surface area contributed by atoms with E-state index in [-0.39, 0.29) is 5.97 Å². The number of nitrogens with zero attached hydrogens (tertiary/aromatic N) is 2. The van der Waals surface area contributed by atoms with E-state index in [4.69, 9.17) is 9.72 Å². The number of aromatic nitrogens is 2. The van der Waals surface area contributed by atoms with E-state index in [1.54, 1.807) is 17.4 Å². The molecule has 0 aliphatic rings. The van der Waals surface area contributed by atoms with E-state index in [1.807, 2.05) is 18.3 Å². The molecule has 0 fully saturated rings. The number of hydrogen-bond acceptors (Lipinski definition) is 4. The van der Waals surface area contributed by atoms with E-state index in [0.717, 1.165) is 32.9 Å². The van der Waals surface area contributed by atoms with Crippen LogP contribution >= 0.6 is 11.3 Å². The number of benzene rings is 2. The first-order valence-corrected chi connectivity index (χ1v) is 8.60. The molecule has 4 aromatic rings. The number of aryl methyl sites for hydroxylation is 1. The van der Waals surface area contributed by atoms with Crippen molar-refractivity contribution in [2.75, 3.05) is 7.11 Å². The molecule has 0 amide bonds. The normalized spacial score (nSPS) is 11.2. The number of methoxy groups -OCH3 is 1. The number of ether oxygens (including phenoxy) is 1. The zero-order chi connectivity index (χ0) is 16.7. The first-order chi connectivity index (χ1) is 11.7. The van der Waals surface area contributed by atoms with E-state index in [0.29, 0.717) is 5.56 Å². The molecule has 2 heterocycles. The van der Waals surface area contributed by atoms with Crippen molar-refractivity contribution in [2.24, 2.45) is 0 Å². The minimum atomic E-state index is -0.320. The fourth-order valence-corrected chi connectivity index (χ4v) is 3.84. The summed E-state index contributed by atoms with van der Waals surface area (Å²) in [5.41, 5.74) is 5.00. The van der Waals surface area contributed by atoms with E-state index in [9.17, 15) is 4.79 Å². The molecular weight excluding hydrogens is 320 g/mol. The second-order valence-corrected chi connectivity index (χ2v) is 6.61. The molecule has 0 aliphatic carbocycles. The zero-order valence-electron chi connectivity index (χ0n) is 13.4. The molecule has 120 valence electrons. The number of hydrogen-bond donors (Lipinski definition) is 0. The molecule has 0 radical (unpaired) electrons. The Labute approximate surface area is 143 Å². The largest absolute Gasteiger partial charge is 0.465 e. The highest BCUT2D eigenvalue weighted by Gasteiger charge is 2.13. The van der Waals surface area contributed by atoms with E-state index in [1.165, 1.54) is 12.7 Å². The lowest BCUT2D eigenvalue weighted by Gasteiger charge is -2.00. The van der Waals surface area contributed by atoms with E-state index in [2.05, 4.69) is 35.6 Å². The Kier molecular flexibility index (Phi) is 3.58. The van der Waals surface area contributed by atoms with Gasteiger partial charge in [-0.3, -0.25) is 4.40 Å². The molecule has 0 bridgehead atoms. The maximum Gasteiger partial charge on any atom is 0.337 e. The summed E-state index contributed by atoms with van der Waals surface area (Å²) in [5, 5.41) is 0. The van der Waals surface area contributed by atoms with Crippen LogP contribution in [0.3, 0.4) is 0 Å². The molecule has 2 aromatic heterocycles. The van der Waals surface area contributed by atoms with Crippen molar-refractivity contribution < 1.29 is 9.53 Å². The maximum absolute atomic E-state index is 11.7. The van der Waals surface area contributed by atoms with E-state index >= 15 is 0 Å². The van der Waals surface area contributed by atoms with Gasteiger partial charge in [-0.05, 0) is 30.2 Å².